The monoisotopic (exact) mass is 251 g/mol. The molecule has 1 N–H and O–H groups in total. The van der Waals surface area contributed by atoms with Gasteiger partial charge in [0.25, 0.3) is 0 Å². The van der Waals surface area contributed by atoms with Crippen LogP contribution >= 0.6 is 0 Å². The summed E-state index contributed by atoms with van der Waals surface area (Å²) < 4.78 is 1.86. The molecule has 4 nitrogen and oxygen atoms in total. The van der Waals surface area contributed by atoms with Crippen LogP contribution in [0.15, 0.2) is 17.1 Å². The predicted molar refractivity (Wildman–Crippen MR) is 71.2 cm³/mol. The quantitative estimate of drug-likeness (QED) is 0.758. The summed E-state index contributed by atoms with van der Waals surface area (Å²) in [5, 5.41) is 8.91. The van der Waals surface area contributed by atoms with Crippen LogP contribution in [0.2, 0.25) is 0 Å². The van der Waals surface area contributed by atoms with Crippen molar-refractivity contribution in [3.8, 4) is 0 Å². The molecular weight excluding hydrogens is 230 g/mol. The van der Waals surface area contributed by atoms with Gasteiger partial charge < -0.3 is 9.67 Å². The van der Waals surface area contributed by atoms with Crippen LogP contribution in [0.5, 0.6) is 0 Å². The first-order valence-corrected chi connectivity index (χ1v) is 6.50. The molecule has 0 aliphatic carbocycles. The van der Waals surface area contributed by atoms with Gasteiger partial charge in [0.1, 0.15) is 5.56 Å². The Morgan fingerprint density at radius 1 is 1.28 bits per heavy atom. The van der Waals surface area contributed by atoms with Gasteiger partial charge in [-0.15, -0.1) is 0 Å². The number of hydrogen-bond acceptors (Lipinski definition) is 2. The molecule has 0 aliphatic heterocycles. The predicted octanol–water partition coefficient (Wildman–Crippen LogP) is 2.83. The third-order valence-corrected chi connectivity index (χ3v) is 3.08. The second kappa shape index (κ2) is 6.99. The van der Waals surface area contributed by atoms with Crippen LogP contribution in [0.3, 0.4) is 0 Å². The molecule has 0 bridgehead atoms. The highest BCUT2D eigenvalue weighted by Crippen LogP contribution is 2.06. The number of aryl methyl sites for hydroxylation is 2. The number of nitrogens with zero attached hydrogens (tertiary/aromatic N) is 1. The minimum atomic E-state index is -1.15. The number of rotatable bonds is 7. The number of hydrogen-bond donors (Lipinski definition) is 1. The molecule has 0 atom stereocenters. The molecule has 1 aromatic rings. The lowest BCUT2D eigenvalue weighted by Crippen LogP contribution is -2.19. The zero-order chi connectivity index (χ0) is 13.5. The van der Waals surface area contributed by atoms with Crippen molar-refractivity contribution in [2.75, 3.05) is 0 Å². The van der Waals surface area contributed by atoms with Crippen LogP contribution in [0.25, 0.3) is 0 Å². The van der Waals surface area contributed by atoms with E-state index in [-0.39, 0.29) is 5.56 Å². The van der Waals surface area contributed by atoms with Crippen LogP contribution in [-0.2, 0) is 6.54 Å². The van der Waals surface area contributed by atoms with Crippen LogP contribution in [0, 0.1) is 6.92 Å². The van der Waals surface area contributed by atoms with E-state index in [0.717, 1.165) is 25.1 Å². The van der Waals surface area contributed by atoms with E-state index in [0.29, 0.717) is 0 Å². The number of carbonyl (C=O) groups is 1. The molecule has 0 radical (unpaired) electrons. The molecule has 0 amide bonds. The smallest absolute Gasteiger partial charge is 0.341 e. The number of carboxylic acid groups (broad SMARTS) is 1. The van der Waals surface area contributed by atoms with Gasteiger partial charge in [0.15, 0.2) is 5.43 Å². The molecule has 100 valence electrons. The van der Waals surface area contributed by atoms with Crippen molar-refractivity contribution in [3.05, 3.63) is 33.7 Å². The summed E-state index contributed by atoms with van der Waals surface area (Å²) in [5.74, 6) is -1.15. The Balaban J connectivity index is 2.68. The maximum absolute atomic E-state index is 11.5. The molecule has 1 heterocycles. The number of pyridine rings is 1. The minimum absolute atomic E-state index is 0.144. The first-order valence-electron chi connectivity index (χ1n) is 6.50. The average molecular weight is 251 g/mol. The molecule has 0 aliphatic rings. The van der Waals surface area contributed by atoms with Gasteiger partial charge in [-0.05, 0) is 13.3 Å². The van der Waals surface area contributed by atoms with Crippen molar-refractivity contribution >= 4 is 5.97 Å². The van der Waals surface area contributed by atoms with Gasteiger partial charge in [0, 0.05) is 24.5 Å². The van der Waals surface area contributed by atoms with E-state index < -0.39 is 11.4 Å². The Bertz CT molecular complexity index is 463. The molecule has 1 aromatic heterocycles. The van der Waals surface area contributed by atoms with Gasteiger partial charge in [0.05, 0.1) is 0 Å². The van der Waals surface area contributed by atoms with Crippen LogP contribution < -0.4 is 5.43 Å². The lowest BCUT2D eigenvalue weighted by molar-refractivity contribution is 0.0694. The van der Waals surface area contributed by atoms with Gasteiger partial charge in [0.2, 0.25) is 0 Å². The van der Waals surface area contributed by atoms with E-state index in [1.807, 2.05) is 11.5 Å². The van der Waals surface area contributed by atoms with E-state index in [9.17, 15) is 9.59 Å². The molecule has 1 rings (SSSR count). The normalized spacial score (nSPS) is 10.6. The fraction of sp³-hybridized carbons (Fsp3) is 0.571. The van der Waals surface area contributed by atoms with E-state index in [4.69, 9.17) is 5.11 Å². The van der Waals surface area contributed by atoms with Gasteiger partial charge >= 0.3 is 5.97 Å². The van der Waals surface area contributed by atoms with Crippen molar-refractivity contribution in [1.82, 2.24) is 4.57 Å². The van der Waals surface area contributed by atoms with E-state index in [1.54, 1.807) is 0 Å². The van der Waals surface area contributed by atoms with E-state index >= 15 is 0 Å². The molecular formula is C14H21NO3. The number of aromatic nitrogens is 1. The molecule has 0 aromatic carbocycles. The highest BCUT2D eigenvalue weighted by atomic mass is 16.4. The Hall–Kier alpha value is -1.58. The minimum Gasteiger partial charge on any atom is -0.477 e. The average Bonchev–Trinajstić information content (AvgIpc) is 2.30. The topological polar surface area (TPSA) is 59.3 Å². The zero-order valence-corrected chi connectivity index (χ0v) is 11.1. The highest BCUT2D eigenvalue weighted by molar-refractivity contribution is 5.87. The molecule has 0 saturated heterocycles. The lowest BCUT2D eigenvalue weighted by atomic mass is 10.1. The Morgan fingerprint density at radius 2 is 1.94 bits per heavy atom. The van der Waals surface area contributed by atoms with Gasteiger partial charge in [-0.3, -0.25) is 4.79 Å². The third kappa shape index (κ3) is 4.02. The van der Waals surface area contributed by atoms with E-state index in [2.05, 4.69) is 6.92 Å². The van der Waals surface area contributed by atoms with Crippen molar-refractivity contribution in [2.45, 2.75) is 52.5 Å². The molecule has 0 saturated carbocycles. The number of carboxylic acids is 1. The SMILES string of the molecule is CCCCCCCn1cc(C(=O)O)c(=O)cc1C. The summed E-state index contributed by atoms with van der Waals surface area (Å²) in [6.07, 6.45) is 7.27. The Morgan fingerprint density at radius 3 is 2.56 bits per heavy atom. The fourth-order valence-corrected chi connectivity index (χ4v) is 1.96. The van der Waals surface area contributed by atoms with Crippen molar-refractivity contribution in [1.29, 1.82) is 0 Å². The molecule has 4 heteroatoms. The summed E-state index contributed by atoms with van der Waals surface area (Å²) in [6.45, 7) is 4.78. The molecule has 0 spiro atoms. The second-order valence-electron chi connectivity index (χ2n) is 4.61. The molecule has 0 fully saturated rings. The summed E-state index contributed by atoms with van der Waals surface area (Å²) >= 11 is 0. The summed E-state index contributed by atoms with van der Waals surface area (Å²) in [6, 6.07) is 1.40. The van der Waals surface area contributed by atoms with Gasteiger partial charge in [-0.25, -0.2) is 4.79 Å². The van der Waals surface area contributed by atoms with E-state index in [1.165, 1.54) is 31.5 Å². The number of unbranched alkanes of at least 4 members (excludes halogenated alkanes) is 4. The summed E-state index contributed by atoms with van der Waals surface area (Å²) in [7, 11) is 0. The summed E-state index contributed by atoms with van der Waals surface area (Å²) in [5.41, 5.74) is 0.261. The number of aromatic carboxylic acids is 1. The van der Waals surface area contributed by atoms with Crippen LogP contribution in [0.1, 0.15) is 55.1 Å². The standard InChI is InChI=1S/C14H21NO3/c1-3-4-5-6-7-8-15-10-12(14(17)18)13(16)9-11(15)2/h9-10H,3-8H2,1-2H3,(H,17,18). The van der Waals surface area contributed by atoms with Crippen molar-refractivity contribution in [3.63, 3.8) is 0 Å². The molecule has 0 unspecified atom stereocenters. The Labute approximate surface area is 107 Å². The van der Waals surface area contributed by atoms with Gasteiger partial charge in [-0.1, -0.05) is 32.6 Å². The lowest BCUT2D eigenvalue weighted by Gasteiger charge is -2.11. The maximum Gasteiger partial charge on any atom is 0.341 e. The maximum atomic E-state index is 11.5. The van der Waals surface area contributed by atoms with Crippen LogP contribution in [0.4, 0.5) is 0 Å². The first kappa shape index (κ1) is 14.5. The largest absolute Gasteiger partial charge is 0.477 e. The zero-order valence-electron chi connectivity index (χ0n) is 11.1. The highest BCUT2D eigenvalue weighted by Gasteiger charge is 2.10. The fourth-order valence-electron chi connectivity index (χ4n) is 1.96. The summed E-state index contributed by atoms with van der Waals surface area (Å²) in [4.78, 5) is 22.3. The van der Waals surface area contributed by atoms with Gasteiger partial charge in [-0.2, -0.15) is 0 Å². The van der Waals surface area contributed by atoms with Crippen molar-refractivity contribution < 1.29 is 9.90 Å². The van der Waals surface area contributed by atoms with Crippen LogP contribution in [-0.4, -0.2) is 15.6 Å². The van der Waals surface area contributed by atoms with Crippen molar-refractivity contribution in [2.24, 2.45) is 0 Å². The Kier molecular flexibility index (Phi) is 5.62. The second-order valence-corrected chi connectivity index (χ2v) is 4.61. The third-order valence-electron chi connectivity index (χ3n) is 3.08. The molecule has 18 heavy (non-hydrogen) atoms. The first-order chi connectivity index (χ1) is 8.56.